The van der Waals surface area contributed by atoms with Gasteiger partial charge in [0.25, 0.3) is 0 Å². The zero-order valence-electron chi connectivity index (χ0n) is 13.3. The zero-order valence-corrected chi connectivity index (χ0v) is 15.7. The van der Waals surface area contributed by atoms with Gasteiger partial charge in [-0.05, 0) is 38.8 Å². The predicted octanol–water partition coefficient (Wildman–Crippen LogP) is 0.896. The summed E-state index contributed by atoms with van der Waals surface area (Å²) < 4.78 is 10.9. The molecular formula is C15H29IN4O2. The summed E-state index contributed by atoms with van der Waals surface area (Å²) in [5.41, 5.74) is 6.37. The van der Waals surface area contributed by atoms with Crippen LogP contribution in [-0.2, 0) is 9.47 Å². The van der Waals surface area contributed by atoms with E-state index in [0.717, 1.165) is 58.9 Å². The first-order valence-electron chi connectivity index (χ1n) is 8.26. The van der Waals surface area contributed by atoms with Crippen LogP contribution in [0.5, 0.6) is 0 Å². The van der Waals surface area contributed by atoms with Crippen molar-refractivity contribution in [2.24, 2.45) is 10.7 Å². The summed E-state index contributed by atoms with van der Waals surface area (Å²) in [4.78, 5) is 9.53. The Labute approximate surface area is 150 Å². The number of halogens is 1. The van der Waals surface area contributed by atoms with Crippen molar-refractivity contribution in [2.45, 2.75) is 31.2 Å². The van der Waals surface area contributed by atoms with Crippen molar-refractivity contribution in [2.75, 3.05) is 59.2 Å². The average molecular weight is 424 g/mol. The molecule has 3 heterocycles. The Morgan fingerprint density at radius 2 is 1.55 bits per heavy atom. The van der Waals surface area contributed by atoms with E-state index >= 15 is 0 Å². The lowest BCUT2D eigenvalue weighted by Crippen LogP contribution is -2.54. The van der Waals surface area contributed by atoms with Gasteiger partial charge in [-0.25, -0.2) is 0 Å². The van der Waals surface area contributed by atoms with Crippen LogP contribution in [0, 0.1) is 0 Å². The number of ether oxygens (including phenoxy) is 2. The standard InChI is InChI=1S/C15H28N4O2.HI/c16-14(18-7-11-21-12-8-18)17-13-15(3-9-20-10-4-15)19-5-1-2-6-19;/h1-13H2,(H2,16,17);1H. The quantitative estimate of drug-likeness (QED) is 0.415. The third-order valence-electron chi connectivity index (χ3n) is 5.07. The topological polar surface area (TPSA) is 63.3 Å². The van der Waals surface area contributed by atoms with Crippen molar-refractivity contribution >= 4 is 29.9 Å². The highest BCUT2D eigenvalue weighted by Crippen LogP contribution is 2.31. The molecule has 2 N–H and O–H groups in total. The second kappa shape index (κ2) is 8.65. The fourth-order valence-corrected chi connectivity index (χ4v) is 3.64. The summed E-state index contributed by atoms with van der Waals surface area (Å²) >= 11 is 0. The smallest absolute Gasteiger partial charge is 0.191 e. The number of aliphatic imine (C=N–C) groups is 1. The predicted molar refractivity (Wildman–Crippen MR) is 97.9 cm³/mol. The minimum absolute atomic E-state index is 0. The Morgan fingerprint density at radius 1 is 0.955 bits per heavy atom. The summed E-state index contributed by atoms with van der Waals surface area (Å²) in [5.74, 6) is 0.684. The molecule has 6 nitrogen and oxygen atoms in total. The van der Waals surface area contributed by atoms with Gasteiger partial charge < -0.3 is 20.1 Å². The van der Waals surface area contributed by atoms with Gasteiger partial charge in [0.1, 0.15) is 0 Å². The van der Waals surface area contributed by atoms with Gasteiger partial charge in [-0.15, -0.1) is 24.0 Å². The largest absolute Gasteiger partial charge is 0.381 e. The molecule has 3 fully saturated rings. The molecule has 22 heavy (non-hydrogen) atoms. The van der Waals surface area contributed by atoms with Crippen LogP contribution in [0.1, 0.15) is 25.7 Å². The van der Waals surface area contributed by atoms with Gasteiger partial charge in [-0.2, -0.15) is 0 Å². The van der Waals surface area contributed by atoms with Crippen LogP contribution in [0.3, 0.4) is 0 Å². The van der Waals surface area contributed by atoms with Gasteiger partial charge >= 0.3 is 0 Å². The molecule has 0 bridgehead atoms. The molecule has 3 saturated heterocycles. The Balaban J connectivity index is 0.00000176. The van der Waals surface area contributed by atoms with Gasteiger partial charge in [0.05, 0.1) is 19.8 Å². The van der Waals surface area contributed by atoms with Gasteiger partial charge in [0, 0.05) is 31.8 Å². The van der Waals surface area contributed by atoms with Gasteiger partial charge in [0.15, 0.2) is 5.96 Å². The van der Waals surface area contributed by atoms with Gasteiger partial charge in [-0.3, -0.25) is 9.89 Å². The Hall–Kier alpha value is -0.120. The second-order valence-electron chi connectivity index (χ2n) is 6.30. The number of hydrogen-bond acceptors (Lipinski definition) is 4. The fraction of sp³-hybridized carbons (Fsp3) is 0.933. The molecule has 0 unspecified atom stereocenters. The highest BCUT2D eigenvalue weighted by Gasteiger charge is 2.39. The van der Waals surface area contributed by atoms with Crippen LogP contribution in [0.2, 0.25) is 0 Å². The third-order valence-corrected chi connectivity index (χ3v) is 5.07. The number of nitrogens with two attached hydrogens (primary N) is 1. The van der Waals surface area contributed by atoms with Crippen LogP contribution < -0.4 is 5.73 Å². The molecule has 0 saturated carbocycles. The molecule has 0 amide bonds. The first-order chi connectivity index (χ1) is 10.3. The maximum Gasteiger partial charge on any atom is 0.191 e. The van der Waals surface area contributed by atoms with Gasteiger partial charge in [0.2, 0.25) is 0 Å². The van der Waals surface area contributed by atoms with E-state index in [0.29, 0.717) is 5.96 Å². The summed E-state index contributed by atoms with van der Waals surface area (Å²) in [6, 6.07) is 0. The molecule has 3 aliphatic rings. The van der Waals surface area contributed by atoms with E-state index in [1.807, 2.05) is 0 Å². The SMILES string of the molecule is I.NC(=NCC1(N2CCCC2)CCOCC1)N1CCOCC1. The van der Waals surface area contributed by atoms with Crippen molar-refractivity contribution < 1.29 is 9.47 Å². The summed E-state index contributed by atoms with van der Waals surface area (Å²) in [7, 11) is 0. The van der Waals surface area contributed by atoms with E-state index in [1.54, 1.807) is 0 Å². The Kier molecular flexibility index (Phi) is 7.17. The molecule has 0 atom stereocenters. The normalized spacial score (nSPS) is 26.7. The van der Waals surface area contributed by atoms with E-state index < -0.39 is 0 Å². The average Bonchev–Trinajstić information content (AvgIpc) is 3.09. The molecule has 128 valence electrons. The van der Waals surface area contributed by atoms with Crippen LogP contribution >= 0.6 is 24.0 Å². The summed E-state index contributed by atoms with van der Waals surface area (Å²) in [6.07, 6.45) is 4.77. The van der Waals surface area contributed by atoms with E-state index in [1.165, 1.54) is 25.9 Å². The highest BCUT2D eigenvalue weighted by molar-refractivity contribution is 14.0. The zero-order chi connectivity index (χ0) is 14.5. The van der Waals surface area contributed by atoms with E-state index in [2.05, 4.69) is 9.80 Å². The third kappa shape index (κ3) is 4.24. The van der Waals surface area contributed by atoms with E-state index in [4.69, 9.17) is 20.2 Å². The number of morpholine rings is 1. The summed E-state index contributed by atoms with van der Waals surface area (Å²) in [6.45, 7) is 8.12. The molecule has 3 rings (SSSR count). The first kappa shape index (κ1) is 18.2. The molecule has 0 aromatic carbocycles. The highest BCUT2D eigenvalue weighted by atomic mass is 127. The number of nitrogens with zero attached hydrogens (tertiary/aromatic N) is 3. The molecule has 0 aromatic heterocycles. The number of guanidine groups is 1. The second-order valence-corrected chi connectivity index (χ2v) is 6.30. The lowest BCUT2D eigenvalue weighted by atomic mass is 9.88. The lowest BCUT2D eigenvalue weighted by Gasteiger charge is -2.43. The maximum atomic E-state index is 6.19. The summed E-state index contributed by atoms with van der Waals surface area (Å²) in [5, 5.41) is 0. The fourth-order valence-electron chi connectivity index (χ4n) is 3.64. The van der Waals surface area contributed by atoms with Crippen LogP contribution in [0.15, 0.2) is 4.99 Å². The first-order valence-corrected chi connectivity index (χ1v) is 8.26. The van der Waals surface area contributed by atoms with Crippen LogP contribution in [0.25, 0.3) is 0 Å². The van der Waals surface area contributed by atoms with Crippen molar-refractivity contribution in [3.05, 3.63) is 0 Å². The monoisotopic (exact) mass is 424 g/mol. The van der Waals surface area contributed by atoms with E-state index in [9.17, 15) is 0 Å². The van der Waals surface area contributed by atoms with Crippen molar-refractivity contribution in [3.8, 4) is 0 Å². The number of likely N-dealkylation sites (tertiary alicyclic amines) is 1. The van der Waals surface area contributed by atoms with Crippen LogP contribution in [0.4, 0.5) is 0 Å². The molecule has 0 radical (unpaired) electrons. The number of hydrogen-bond donors (Lipinski definition) is 1. The molecule has 0 aromatic rings. The molecule has 3 aliphatic heterocycles. The van der Waals surface area contributed by atoms with Gasteiger partial charge in [-0.1, -0.05) is 0 Å². The molecule has 0 aliphatic carbocycles. The Bertz CT molecular complexity index is 363. The lowest BCUT2D eigenvalue weighted by molar-refractivity contribution is -0.0140. The minimum Gasteiger partial charge on any atom is -0.381 e. The van der Waals surface area contributed by atoms with Crippen LogP contribution in [-0.4, -0.2) is 80.4 Å². The molecule has 7 heteroatoms. The van der Waals surface area contributed by atoms with Crippen molar-refractivity contribution in [1.82, 2.24) is 9.80 Å². The van der Waals surface area contributed by atoms with Crippen molar-refractivity contribution in [1.29, 1.82) is 0 Å². The molecule has 0 spiro atoms. The number of rotatable bonds is 3. The maximum absolute atomic E-state index is 6.19. The van der Waals surface area contributed by atoms with Crippen molar-refractivity contribution in [3.63, 3.8) is 0 Å². The molecular weight excluding hydrogens is 395 g/mol. The van der Waals surface area contributed by atoms with E-state index in [-0.39, 0.29) is 29.5 Å². The Morgan fingerprint density at radius 3 is 2.18 bits per heavy atom. The minimum atomic E-state index is 0.